The maximum atomic E-state index is 6.03. The highest BCUT2D eigenvalue weighted by atomic mass is 16.5. The van der Waals surface area contributed by atoms with E-state index in [1.807, 2.05) is 0 Å². The predicted octanol–water partition coefficient (Wildman–Crippen LogP) is 2.20. The minimum atomic E-state index is 0.0996. The molecule has 1 aliphatic carbocycles. The summed E-state index contributed by atoms with van der Waals surface area (Å²) in [5.74, 6) is 0.995. The summed E-state index contributed by atoms with van der Waals surface area (Å²) < 4.78 is 17.2. The van der Waals surface area contributed by atoms with Crippen molar-refractivity contribution in [3.63, 3.8) is 0 Å². The van der Waals surface area contributed by atoms with Gasteiger partial charge in [0, 0.05) is 26.1 Å². The van der Waals surface area contributed by atoms with E-state index >= 15 is 0 Å². The standard InChI is InChI=1S/C17H25NO3/c1-11(19-3)12-5-6-16(20-4)14-9-15-17(10-13(12)14)21-8-7-18(15)2/h5-6,11,15,17H,7-10H2,1-4H3/t11?,15-,17-/m0/s1. The van der Waals surface area contributed by atoms with Gasteiger partial charge < -0.3 is 14.2 Å². The monoisotopic (exact) mass is 291 g/mol. The van der Waals surface area contributed by atoms with Gasteiger partial charge in [-0.05, 0) is 43.1 Å². The SMILES string of the molecule is COc1ccc(C(C)OC)c2c1C[C@H]1[C@H](C2)OCCN1C. The molecule has 0 spiro atoms. The Morgan fingerprint density at radius 3 is 2.76 bits per heavy atom. The van der Waals surface area contributed by atoms with Gasteiger partial charge in [-0.25, -0.2) is 0 Å². The van der Waals surface area contributed by atoms with Crippen molar-refractivity contribution in [2.24, 2.45) is 0 Å². The van der Waals surface area contributed by atoms with Crippen molar-refractivity contribution in [2.75, 3.05) is 34.4 Å². The maximum absolute atomic E-state index is 6.03. The topological polar surface area (TPSA) is 30.9 Å². The predicted molar refractivity (Wildman–Crippen MR) is 82.0 cm³/mol. The highest BCUT2D eigenvalue weighted by molar-refractivity contribution is 5.48. The van der Waals surface area contributed by atoms with Crippen LogP contribution in [0.15, 0.2) is 12.1 Å². The Hall–Kier alpha value is -1.10. The molecule has 4 heteroatoms. The van der Waals surface area contributed by atoms with Crippen LogP contribution in [0.4, 0.5) is 0 Å². The molecule has 1 unspecified atom stereocenters. The molecule has 1 saturated heterocycles. The minimum absolute atomic E-state index is 0.0996. The maximum Gasteiger partial charge on any atom is 0.122 e. The second-order valence-electron chi connectivity index (χ2n) is 6.06. The van der Waals surface area contributed by atoms with E-state index in [0.29, 0.717) is 6.04 Å². The fraction of sp³-hybridized carbons (Fsp3) is 0.647. The molecule has 1 fully saturated rings. The van der Waals surface area contributed by atoms with E-state index in [1.165, 1.54) is 16.7 Å². The first-order valence-electron chi connectivity index (χ1n) is 7.69. The highest BCUT2D eigenvalue weighted by Crippen LogP contribution is 2.38. The molecule has 0 bridgehead atoms. The minimum Gasteiger partial charge on any atom is -0.496 e. The zero-order valence-electron chi connectivity index (χ0n) is 13.4. The number of hydrogen-bond acceptors (Lipinski definition) is 4. The van der Waals surface area contributed by atoms with E-state index in [1.54, 1.807) is 14.2 Å². The number of rotatable bonds is 3. The first kappa shape index (κ1) is 14.8. The molecule has 0 aromatic heterocycles. The summed E-state index contributed by atoms with van der Waals surface area (Å²) in [4.78, 5) is 2.42. The summed E-state index contributed by atoms with van der Waals surface area (Å²) in [5.41, 5.74) is 3.96. The van der Waals surface area contributed by atoms with Crippen LogP contribution in [-0.4, -0.2) is 51.5 Å². The molecule has 1 heterocycles. The second-order valence-corrected chi connectivity index (χ2v) is 6.06. The molecule has 21 heavy (non-hydrogen) atoms. The summed E-state index contributed by atoms with van der Waals surface area (Å²) in [6.45, 7) is 3.93. The zero-order valence-corrected chi connectivity index (χ0v) is 13.4. The second kappa shape index (κ2) is 5.95. The van der Waals surface area contributed by atoms with Gasteiger partial charge in [-0.2, -0.15) is 0 Å². The Morgan fingerprint density at radius 1 is 1.24 bits per heavy atom. The molecule has 0 radical (unpaired) electrons. The third-order valence-electron chi connectivity index (χ3n) is 5.03. The molecule has 1 aliphatic heterocycles. The smallest absolute Gasteiger partial charge is 0.122 e. The van der Waals surface area contributed by atoms with E-state index in [9.17, 15) is 0 Å². The van der Waals surface area contributed by atoms with Gasteiger partial charge in [0.25, 0.3) is 0 Å². The normalized spacial score (nSPS) is 26.9. The fourth-order valence-electron chi connectivity index (χ4n) is 3.65. The molecule has 0 saturated carbocycles. The van der Waals surface area contributed by atoms with Crippen LogP contribution in [0.1, 0.15) is 29.7 Å². The van der Waals surface area contributed by atoms with Crippen molar-refractivity contribution < 1.29 is 14.2 Å². The average molecular weight is 291 g/mol. The Kier molecular flexibility index (Phi) is 4.20. The summed E-state index contributed by atoms with van der Waals surface area (Å²) in [6.07, 6.45) is 2.32. The first-order valence-corrected chi connectivity index (χ1v) is 7.69. The molecule has 0 amide bonds. The number of morpholine rings is 1. The van der Waals surface area contributed by atoms with E-state index in [-0.39, 0.29) is 12.2 Å². The van der Waals surface area contributed by atoms with Gasteiger partial charge in [0.15, 0.2) is 0 Å². The van der Waals surface area contributed by atoms with Crippen LogP contribution in [0, 0.1) is 0 Å². The number of nitrogens with zero attached hydrogens (tertiary/aromatic N) is 1. The number of ether oxygens (including phenoxy) is 3. The van der Waals surface area contributed by atoms with Gasteiger partial charge in [0.1, 0.15) is 5.75 Å². The number of hydrogen-bond donors (Lipinski definition) is 0. The number of fused-ring (bicyclic) bond motifs is 2. The summed E-state index contributed by atoms with van der Waals surface area (Å²) in [6, 6.07) is 4.67. The average Bonchev–Trinajstić information content (AvgIpc) is 2.52. The molecule has 4 nitrogen and oxygen atoms in total. The van der Waals surface area contributed by atoms with Gasteiger partial charge in [0.2, 0.25) is 0 Å². The van der Waals surface area contributed by atoms with Crippen LogP contribution < -0.4 is 4.74 Å². The van der Waals surface area contributed by atoms with Crippen molar-refractivity contribution in [3.05, 3.63) is 28.8 Å². The lowest BCUT2D eigenvalue weighted by molar-refractivity contribution is -0.0649. The van der Waals surface area contributed by atoms with E-state index < -0.39 is 0 Å². The van der Waals surface area contributed by atoms with Crippen molar-refractivity contribution in [1.29, 1.82) is 0 Å². The van der Waals surface area contributed by atoms with Crippen molar-refractivity contribution in [1.82, 2.24) is 4.90 Å². The fourth-order valence-corrected chi connectivity index (χ4v) is 3.65. The molecule has 116 valence electrons. The molecular formula is C17H25NO3. The summed E-state index contributed by atoms with van der Waals surface area (Å²) in [7, 11) is 5.71. The molecule has 3 atom stereocenters. The quantitative estimate of drug-likeness (QED) is 0.854. The van der Waals surface area contributed by atoms with Gasteiger partial charge in [-0.3, -0.25) is 4.90 Å². The van der Waals surface area contributed by atoms with Gasteiger partial charge in [-0.1, -0.05) is 6.07 Å². The van der Waals surface area contributed by atoms with Crippen LogP contribution in [0.5, 0.6) is 5.75 Å². The first-order chi connectivity index (χ1) is 10.2. The van der Waals surface area contributed by atoms with Crippen LogP contribution in [-0.2, 0) is 22.3 Å². The van der Waals surface area contributed by atoms with Crippen LogP contribution >= 0.6 is 0 Å². The molecule has 2 aliphatic rings. The molecule has 0 N–H and O–H groups in total. The molecule has 3 rings (SSSR count). The number of likely N-dealkylation sites (N-methyl/N-ethyl adjacent to an activating group) is 1. The zero-order chi connectivity index (χ0) is 15.0. The lowest BCUT2D eigenvalue weighted by Crippen LogP contribution is -2.53. The van der Waals surface area contributed by atoms with E-state index in [0.717, 1.165) is 31.7 Å². The van der Waals surface area contributed by atoms with Crippen molar-refractivity contribution >= 4 is 0 Å². The lowest BCUT2D eigenvalue weighted by atomic mass is 9.81. The third-order valence-corrected chi connectivity index (χ3v) is 5.03. The Morgan fingerprint density at radius 2 is 2.05 bits per heavy atom. The van der Waals surface area contributed by atoms with Crippen LogP contribution in [0.2, 0.25) is 0 Å². The van der Waals surface area contributed by atoms with Crippen LogP contribution in [0.3, 0.4) is 0 Å². The Labute approximate surface area is 127 Å². The van der Waals surface area contributed by atoms with Crippen molar-refractivity contribution in [2.45, 2.75) is 38.0 Å². The van der Waals surface area contributed by atoms with Crippen molar-refractivity contribution in [3.8, 4) is 5.75 Å². The highest BCUT2D eigenvalue weighted by Gasteiger charge is 2.37. The molecular weight excluding hydrogens is 266 g/mol. The number of methoxy groups -OCH3 is 2. The molecule has 1 aromatic carbocycles. The van der Waals surface area contributed by atoms with Gasteiger partial charge in [-0.15, -0.1) is 0 Å². The van der Waals surface area contributed by atoms with Gasteiger partial charge >= 0.3 is 0 Å². The largest absolute Gasteiger partial charge is 0.496 e. The molecule has 1 aromatic rings. The summed E-state index contributed by atoms with van der Waals surface area (Å²) >= 11 is 0. The summed E-state index contributed by atoms with van der Waals surface area (Å²) in [5, 5.41) is 0. The van der Waals surface area contributed by atoms with E-state index in [2.05, 4.69) is 31.0 Å². The lowest BCUT2D eigenvalue weighted by Gasteiger charge is -2.43. The third kappa shape index (κ3) is 2.56. The van der Waals surface area contributed by atoms with Gasteiger partial charge in [0.05, 0.1) is 25.9 Å². The number of benzene rings is 1. The van der Waals surface area contributed by atoms with Crippen LogP contribution in [0.25, 0.3) is 0 Å². The van der Waals surface area contributed by atoms with E-state index in [4.69, 9.17) is 14.2 Å². The Bertz CT molecular complexity index is 517. The Balaban J connectivity index is 2.03.